The number of phenolic OH excluding ortho intramolecular Hbond substituents is 1. The Morgan fingerprint density at radius 3 is 2.42 bits per heavy atom. The van der Waals surface area contributed by atoms with Crippen molar-refractivity contribution in [2.75, 3.05) is 25.7 Å². The van der Waals surface area contributed by atoms with Gasteiger partial charge in [-0.2, -0.15) is 5.01 Å². The number of carbonyl (C=O) groups is 5. The van der Waals surface area contributed by atoms with Crippen molar-refractivity contribution in [2.24, 2.45) is 23.7 Å². The monoisotopic (exact) mass is 747 g/mol. The van der Waals surface area contributed by atoms with Crippen LogP contribution < -0.4 is 14.9 Å². The fourth-order valence-electron chi connectivity index (χ4n) is 8.73. The van der Waals surface area contributed by atoms with Crippen LogP contribution in [0.5, 0.6) is 17.2 Å². The first-order valence-corrected chi connectivity index (χ1v) is 17.7. The number of amides is 4. The Kier molecular flexibility index (Phi) is 9.16. The number of methoxy groups -OCH3 is 1. The zero-order valence-electron chi connectivity index (χ0n) is 28.2. The Labute approximate surface area is 308 Å². The van der Waals surface area contributed by atoms with Crippen molar-refractivity contribution >= 4 is 58.5 Å². The summed E-state index contributed by atoms with van der Waals surface area (Å²) in [6, 6.07) is 16.4. The molecule has 2 aliphatic heterocycles. The smallest absolute Gasteiger partial charge is 0.305 e. The Morgan fingerprint density at radius 1 is 1.00 bits per heavy atom. The van der Waals surface area contributed by atoms with Crippen LogP contribution in [0.3, 0.4) is 0 Å². The lowest BCUT2D eigenvalue weighted by atomic mass is 9.49. The molecule has 0 bridgehead atoms. The lowest BCUT2D eigenvalue weighted by Crippen LogP contribution is -2.53. The Balaban J connectivity index is 1.46. The van der Waals surface area contributed by atoms with E-state index in [0.717, 1.165) is 9.91 Å². The first kappa shape index (κ1) is 35.3. The van der Waals surface area contributed by atoms with Crippen LogP contribution in [0.25, 0.3) is 0 Å². The largest absolute Gasteiger partial charge is 0.504 e. The first-order chi connectivity index (χ1) is 24.9. The highest BCUT2D eigenvalue weighted by atomic mass is 35.5. The molecule has 2 saturated heterocycles. The Hall–Kier alpha value is -5.07. The highest BCUT2D eigenvalue weighted by molar-refractivity contribution is 6.36. The molecule has 3 fully saturated rings. The van der Waals surface area contributed by atoms with E-state index in [1.54, 1.807) is 61.5 Å². The summed E-state index contributed by atoms with van der Waals surface area (Å²) in [6.07, 6.45) is 1.58. The van der Waals surface area contributed by atoms with Gasteiger partial charge in [0.1, 0.15) is 5.75 Å². The second-order valence-electron chi connectivity index (χ2n) is 13.3. The molecular formula is C38H35Cl2N3O9. The van der Waals surface area contributed by atoms with Crippen LogP contribution >= 0.6 is 23.2 Å². The molecule has 4 aliphatic rings. The number of hydrazine groups is 1. The number of imide groups is 2. The van der Waals surface area contributed by atoms with Crippen LogP contribution in [0.2, 0.25) is 10.0 Å². The summed E-state index contributed by atoms with van der Waals surface area (Å²) in [5.74, 6) is -7.43. The number of nitrogens with one attached hydrogen (secondary N) is 1. The second kappa shape index (κ2) is 13.5. The number of likely N-dealkylation sites (tertiary alicyclic amines) is 1. The minimum atomic E-state index is -1.68. The molecule has 2 heterocycles. The third-order valence-corrected chi connectivity index (χ3v) is 11.4. The molecular weight excluding hydrogens is 713 g/mol. The molecule has 4 amide bonds. The van der Waals surface area contributed by atoms with Gasteiger partial charge in [-0.15, -0.1) is 0 Å². The van der Waals surface area contributed by atoms with Crippen molar-refractivity contribution in [1.29, 1.82) is 0 Å². The topological polar surface area (TPSA) is 163 Å². The molecule has 0 aromatic heterocycles. The van der Waals surface area contributed by atoms with Gasteiger partial charge < -0.3 is 19.7 Å². The number of aliphatic carboxylic acids is 1. The van der Waals surface area contributed by atoms with E-state index in [2.05, 4.69) is 5.43 Å². The highest BCUT2D eigenvalue weighted by Gasteiger charge is 2.70. The summed E-state index contributed by atoms with van der Waals surface area (Å²) < 4.78 is 11.2. The number of halogens is 2. The highest BCUT2D eigenvalue weighted by Crippen LogP contribution is 2.65. The quantitative estimate of drug-likeness (QED) is 0.177. The molecule has 0 radical (unpaired) electrons. The predicted molar refractivity (Wildman–Crippen MR) is 189 cm³/mol. The molecule has 3 N–H and O–H groups in total. The first-order valence-electron chi connectivity index (χ1n) is 16.9. The van der Waals surface area contributed by atoms with Crippen LogP contribution in [0.15, 0.2) is 72.3 Å². The average molecular weight is 749 g/mol. The molecule has 6 unspecified atom stereocenters. The van der Waals surface area contributed by atoms with Gasteiger partial charge in [-0.05, 0) is 67.6 Å². The van der Waals surface area contributed by atoms with E-state index >= 15 is 4.79 Å². The van der Waals surface area contributed by atoms with Crippen LogP contribution in [-0.4, -0.2) is 70.0 Å². The molecule has 3 aromatic rings. The number of phenols is 1. The number of rotatable bonds is 10. The molecule has 1 saturated carbocycles. The van der Waals surface area contributed by atoms with Crippen LogP contribution in [-0.2, 0) is 29.4 Å². The number of aromatic hydroxyl groups is 1. The standard InChI is InChI=1S/C38H35Cl2N3O9/c1-3-52-29-6-4-5-24(33(29)46)32-22-12-13-23-31(36(49)42(34(23)47)16-15-30(44)45)25(22)18-26-35(48)43(41-28-14-9-20(39)17-27(28)40)37(50)38(26,32)19-7-10-21(51-2)11-8-19/h4-12,14,17,23,25-26,31-32,41,46H,3,13,15-16,18H2,1-2H3,(H,44,45). The van der Waals surface area contributed by atoms with Crippen molar-refractivity contribution < 1.29 is 43.7 Å². The van der Waals surface area contributed by atoms with E-state index in [9.17, 15) is 29.4 Å². The number of hydrogen-bond acceptors (Lipinski definition) is 9. The van der Waals surface area contributed by atoms with Crippen molar-refractivity contribution in [2.45, 2.75) is 37.5 Å². The SMILES string of the molecule is CCOc1cccc(C2C3=CCC4C(=O)N(CCC(=O)O)C(=O)C4C3CC3C(=O)N(Nc4ccc(Cl)cc4Cl)C(=O)C32c2ccc(OC)cc2)c1O. The number of carboxylic acids is 1. The number of benzene rings is 3. The molecule has 52 heavy (non-hydrogen) atoms. The number of carbonyl (C=O) groups excluding carboxylic acids is 4. The number of nitrogens with zero attached hydrogens (tertiary/aromatic N) is 2. The maximum Gasteiger partial charge on any atom is 0.305 e. The third-order valence-electron chi connectivity index (χ3n) is 10.9. The van der Waals surface area contributed by atoms with E-state index in [1.807, 2.05) is 6.08 Å². The summed E-state index contributed by atoms with van der Waals surface area (Å²) >= 11 is 12.6. The molecule has 0 spiro atoms. The predicted octanol–water partition coefficient (Wildman–Crippen LogP) is 5.57. The van der Waals surface area contributed by atoms with Gasteiger partial charge in [0.15, 0.2) is 11.5 Å². The average Bonchev–Trinajstić information content (AvgIpc) is 3.50. The summed E-state index contributed by atoms with van der Waals surface area (Å²) in [5, 5.41) is 22.7. The van der Waals surface area contributed by atoms with E-state index < -0.39 is 71.0 Å². The van der Waals surface area contributed by atoms with Gasteiger partial charge in [0.2, 0.25) is 11.8 Å². The van der Waals surface area contributed by atoms with Crippen molar-refractivity contribution in [3.05, 3.63) is 93.5 Å². The maximum atomic E-state index is 15.4. The summed E-state index contributed by atoms with van der Waals surface area (Å²) in [5.41, 5.74) is 2.88. The van der Waals surface area contributed by atoms with Crippen molar-refractivity contribution in [1.82, 2.24) is 9.91 Å². The van der Waals surface area contributed by atoms with Crippen molar-refractivity contribution in [3.63, 3.8) is 0 Å². The number of hydrogen-bond donors (Lipinski definition) is 3. The van der Waals surface area contributed by atoms with E-state index in [1.165, 1.54) is 13.2 Å². The fourth-order valence-corrected chi connectivity index (χ4v) is 9.18. The maximum absolute atomic E-state index is 15.4. The molecule has 12 nitrogen and oxygen atoms in total. The molecule has 270 valence electrons. The number of ether oxygens (including phenoxy) is 2. The molecule has 14 heteroatoms. The normalized spacial score (nSPS) is 26.5. The van der Waals surface area contributed by atoms with Gasteiger partial charge in [-0.1, -0.05) is 59.1 Å². The summed E-state index contributed by atoms with van der Waals surface area (Å²) in [6.45, 7) is 1.73. The summed E-state index contributed by atoms with van der Waals surface area (Å²) in [7, 11) is 1.51. The van der Waals surface area contributed by atoms with Gasteiger partial charge in [-0.25, -0.2) is 0 Å². The zero-order valence-corrected chi connectivity index (χ0v) is 29.7. The fraction of sp³-hybridized carbons (Fsp3) is 0.342. The molecule has 2 aliphatic carbocycles. The van der Waals surface area contributed by atoms with Crippen LogP contribution in [0, 0.1) is 23.7 Å². The number of anilines is 1. The van der Waals surface area contributed by atoms with E-state index in [-0.39, 0.29) is 48.2 Å². The lowest BCUT2D eigenvalue weighted by molar-refractivity contribution is -0.143. The Bertz CT molecular complexity index is 2040. The number of allylic oxidation sites excluding steroid dienone is 2. The summed E-state index contributed by atoms with van der Waals surface area (Å²) in [4.78, 5) is 70.3. The molecule has 7 rings (SSSR count). The van der Waals surface area contributed by atoms with Crippen LogP contribution in [0.1, 0.15) is 43.2 Å². The second-order valence-corrected chi connectivity index (χ2v) is 14.2. The van der Waals surface area contributed by atoms with Gasteiger partial charge >= 0.3 is 5.97 Å². The lowest BCUT2D eigenvalue weighted by Gasteiger charge is -2.50. The Morgan fingerprint density at radius 2 is 1.75 bits per heavy atom. The van der Waals surface area contributed by atoms with Gasteiger partial charge in [0, 0.05) is 23.0 Å². The van der Waals surface area contributed by atoms with Gasteiger partial charge in [-0.3, -0.25) is 34.3 Å². The van der Waals surface area contributed by atoms with Crippen LogP contribution in [0.4, 0.5) is 5.69 Å². The van der Waals surface area contributed by atoms with E-state index in [4.69, 9.17) is 32.7 Å². The molecule has 6 atom stereocenters. The third kappa shape index (κ3) is 5.38. The van der Waals surface area contributed by atoms with Crippen molar-refractivity contribution in [3.8, 4) is 17.2 Å². The van der Waals surface area contributed by atoms with Gasteiger partial charge in [0.25, 0.3) is 11.8 Å². The number of carboxylic acid groups (broad SMARTS) is 1. The van der Waals surface area contributed by atoms with Gasteiger partial charge in [0.05, 0.1) is 54.0 Å². The van der Waals surface area contributed by atoms with E-state index in [0.29, 0.717) is 27.5 Å². The minimum absolute atomic E-state index is 0.00430. The number of para-hydroxylation sites is 1. The minimum Gasteiger partial charge on any atom is -0.504 e. The molecule has 3 aromatic carbocycles. The number of fused-ring (bicyclic) bond motifs is 4. The zero-order chi connectivity index (χ0) is 37.1.